The first-order valence-electron chi connectivity index (χ1n) is 5.28. The molecular weight excluding hydrogens is 212 g/mol. The van der Waals surface area contributed by atoms with Crippen molar-refractivity contribution in [1.82, 2.24) is 10.2 Å². The Morgan fingerprint density at radius 2 is 2.20 bits per heavy atom. The van der Waals surface area contributed by atoms with Gasteiger partial charge in [-0.25, -0.2) is 0 Å². The van der Waals surface area contributed by atoms with Crippen molar-refractivity contribution >= 4 is 23.7 Å². The molecule has 1 aliphatic heterocycles. The number of thiol groups is 1. The molecule has 0 bridgehead atoms. The zero-order chi connectivity index (χ0) is 11.4. The smallest absolute Gasteiger partial charge is 0.279 e. The van der Waals surface area contributed by atoms with E-state index in [9.17, 15) is 9.59 Å². The molecule has 1 fully saturated rings. The summed E-state index contributed by atoms with van der Waals surface area (Å²) in [7, 11) is 0. The van der Waals surface area contributed by atoms with Crippen LogP contribution in [0.5, 0.6) is 0 Å². The van der Waals surface area contributed by atoms with Gasteiger partial charge in [-0.15, -0.1) is 0 Å². The van der Waals surface area contributed by atoms with E-state index in [0.717, 1.165) is 19.4 Å². The molecule has 1 atom stereocenters. The van der Waals surface area contributed by atoms with Gasteiger partial charge < -0.3 is 10.2 Å². The summed E-state index contributed by atoms with van der Waals surface area (Å²) in [6.07, 6.45) is 1.92. The Kier molecular flexibility index (Phi) is 4.60. The molecule has 1 heterocycles. The van der Waals surface area contributed by atoms with Crippen molar-refractivity contribution in [3.8, 4) is 0 Å². The summed E-state index contributed by atoms with van der Waals surface area (Å²) in [6, 6.07) is -0.0562. The van der Waals surface area contributed by atoms with Gasteiger partial charge in [-0.3, -0.25) is 9.59 Å². The fraction of sp³-hybridized carbons (Fsp3) is 0.800. The van der Waals surface area contributed by atoms with Gasteiger partial charge >= 0.3 is 0 Å². The highest BCUT2D eigenvalue weighted by molar-refractivity contribution is 7.96. The minimum absolute atomic E-state index is 0.0142. The van der Waals surface area contributed by atoms with E-state index in [1.807, 2.05) is 13.8 Å². The highest BCUT2D eigenvalue weighted by Gasteiger charge is 2.25. The van der Waals surface area contributed by atoms with Gasteiger partial charge in [0.15, 0.2) is 5.78 Å². The van der Waals surface area contributed by atoms with Gasteiger partial charge in [0.2, 0.25) is 0 Å². The number of rotatable bonds is 4. The molecule has 5 heteroatoms. The van der Waals surface area contributed by atoms with Gasteiger partial charge in [0.05, 0.1) is 12.6 Å². The number of carbonyl (C=O) groups is 2. The maximum atomic E-state index is 11.8. The number of amides is 1. The molecule has 4 nitrogen and oxygen atoms in total. The normalized spacial score (nSPS) is 20.7. The maximum absolute atomic E-state index is 11.8. The third-order valence-corrected chi connectivity index (χ3v) is 2.90. The van der Waals surface area contributed by atoms with E-state index in [2.05, 4.69) is 17.9 Å². The molecule has 0 aromatic heterocycles. The zero-order valence-electron chi connectivity index (χ0n) is 9.19. The molecular formula is C10H18N2O2S. The summed E-state index contributed by atoms with van der Waals surface area (Å²) >= 11 is 3.76. The lowest BCUT2D eigenvalue weighted by atomic mass is 10.1. The second-order valence-corrected chi connectivity index (χ2v) is 4.50. The molecule has 0 radical (unpaired) electrons. The van der Waals surface area contributed by atoms with E-state index in [1.165, 1.54) is 4.90 Å². The van der Waals surface area contributed by atoms with Crippen LogP contribution >= 0.6 is 12.6 Å². The fourth-order valence-corrected chi connectivity index (χ4v) is 2.01. The monoisotopic (exact) mass is 230 g/mol. The number of carbonyl (C=O) groups excluding carboxylic acids is 2. The van der Waals surface area contributed by atoms with Gasteiger partial charge in [0.1, 0.15) is 0 Å². The van der Waals surface area contributed by atoms with Crippen molar-refractivity contribution < 1.29 is 9.59 Å². The topological polar surface area (TPSA) is 49.4 Å². The first-order chi connectivity index (χ1) is 7.02. The average molecular weight is 230 g/mol. The quantitative estimate of drug-likeness (QED) is 0.710. The second kappa shape index (κ2) is 5.51. The van der Waals surface area contributed by atoms with Gasteiger partial charge in [-0.05, 0) is 33.2 Å². The summed E-state index contributed by atoms with van der Waals surface area (Å²) < 4.78 is 0. The van der Waals surface area contributed by atoms with E-state index in [4.69, 9.17) is 0 Å². The molecule has 15 heavy (non-hydrogen) atoms. The molecule has 1 rings (SSSR count). The number of nitrogens with zero attached hydrogens (tertiary/aromatic N) is 1. The molecule has 0 unspecified atom stereocenters. The Morgan fingerprint density at radius 1 is 1.53 bits per heavy atom. The van der Waals surface area contributed by atoms with Crippen LogP contribution in [0.15, 0.2) is 0 Å². The summed E-state index contributed by atoms with van der Waals surface area (Å²) in [5, 5.41) is 2.79. The van der Waals surface area contributed by atoms with Crippen LogP contribution in [0, 0.1) is 0 Å². The largest absolute Gasteiger partial charge is 0.324 e. The standard InChI is InChI=1S/C10H18N2O2S/c1-7(2)12(10(14)15)6-9(13)8-4-3-5-11-8/h7-8,11H,3-6H2,1-2H3,(H,14,15)/t8-/m1/s1. The van der Waals surface area contributed by atoms with Crippen LogP contribution in [0.3, 0.4) is 0 Å². The number of hydrogen-bond donors (Lipinski definition) is 2. The summed E-state index contributed by atoms with van der Waals surface area (Å²) in [5.41, 5.74) is 0. The predicted molar refractivity (Wildman–Crippen MR) is 62.3 cm³/mol. The van der Waals surface area contributed by atoms with Crippen molar-refractivity contribution in [2.24, 2.45) is 0 Å². The Bertz CT molecular complexity index is 250. The van der Waals surface area contributed by atoms with Crippen LogP contribution in [0.25, 0.3) is 0 Å². The van der Waals surface area contributed by atoms with Crippen LogP contribution in [-0.4, -0.2) is 41.1 Å². The summed E-state index contributed by atoms with van der Waals surface area (Å²) in [4.78, 5) is 24.4. The van der Waals surface area contributed by atoms with Crippen molar-refractivity contribution in [1.29, 1.82) is 0 Å². The van der Waals surface area contributed by atoms with Crippen molar-refractivity contribution in [3.05, 3.63) is 0 Å². The lowest BCUT2D eigenvalue weighted by molar-refractivity contribution is -0.121. The fourth-order valence-electron chi connectivity index (χ4n) is 1.71. The Labute approximate surface area is 95.8 Å². The van der Waals surface area contributed by atoms with E-state index >= 15 is 0 Å². The zero-order valence-corrected chi connectivity index (χ0v) is 10.1. The van der Waals surface area contributed by atoms with Crippen molar-refractivity contribution in [3.63, 3.8) is 0 Å². The molecule has 0 aliphatic carbocycles. The molecule has 1 amide bonds. The highest BCUT2D eigenvalue weighted by Crippen LogP contribution is 2.09. The minimum atomic E-state index is -0.337. The van der Waals surface area contributed by atoms with Crippen LogP contribution in [0.2, 0.25) is 0 Å². The van der Waals surface area contributed by atoms with Crippen LogP contribution in [0.1, 0.15) is 26.7 Å². The minimum Gasteiger partial charge on any atom is -0.324 e. The summed E-state index contributed by atoms with van der Waals surface area (Å²) in [5.74, 6) is 0.0867. The van der Waals surface area contributed by atoms with Gasteiger partial charge in [-0.1, -0.05) is 12.6 Å². The molecule has 0 saturated carbocycles. The van der Waals surface area contributed by atoms with Gasteiger partial charge in [0.25, 0.3) is 5.24 Å². The first kappa shape index (κ1) is 12.5. The number of nitrogens with one attached hydrogen (secondary N) is 1. The third kappa shape index (κ3) is 3.50. The molecule has 1 N–H and O–H groups in total. The predicted octanol–water partition coefficient (Wildman–Crippen LogP) is 1.07. The van der Waals surface area contributed by atoms with E-state index in [-0.39, 0.29) is 29.7 Å². The number of hydrogen-bond acceptors (Lipinski definition) is 3. The van der Waals surface area contributed by atoms with Gasteiger partial charge in [0, 0.05) is 6.04 Å². The van der Waals surface area contributed by atoms with E-state index in [1.54, 1.807) is 0 Å². The molecule has 0 aromatic rings. The first-order valence-corrected chi connectivity index (χ1v) is 5.72. The Hall–Kier alpha value is -0.550. The van der Waals surface area contributed by atoms with Crippen LogP contribution in [0.4, 0.5) is 4.79 Å². The number of ketones is 1. The Balaban J connectivity index is 2.50. The third-order valence-electron chi connectivity index (χ3n) is 2.64. The van der Waals surface area contributed by atoms with E-state index < -0.39 is 0 Å². The van der Waals surface area contributed by atoms with Crippen LogP contribution in [-0.2, 0) is 4.79 Å². The van der Waals surface area contributed by atoms with Crippen molar-refractivity contribution in [2.45, 2.75) is 38.8 Å². The SMILES string of the molecule is CC(C)N(CC(=O)[C@H]1CCCN1)C(=O)S. The number of Topliss-reactive ketones (excluding diaryl/α,β-unsaturated/α-hetero) is 1. The van der Waals surface area contributed by atoms with Gasteiger partial charge in [-0.2, -0.15) is 0 Å². The molecule has 1 saturated heterocycles. The lowest BCUT2D eigenvalue weighted by Gasteiger charge is -2.25. The average Bonchev–Trinajstić information content (AvgIpc) is 2.65. The summed E-state index contributed by atoms with van der Waals surface area (Å²) in [6.45, 7) is 4.82. The molecule has 1 aliphatic rings. The molecule has 0 spiro atoms. The van der Waals surface area contributed by atoms with Crippen LogP contribution < -0.4 is 5.32 Å². The molecule has 0 aromatic carbocycles. The van der Waals surface area contributed by atoms with E-state index in [0.29, 0.717) is 0 Å². The second-order valence-electron chi connectivity index (χ2n) is 4.12. The lowest BCUT2D eigenvalue weighted by Crippen LogP contribution is -2.43. The molecule has 86 valence electrons. The Morgan fingerprint density at radius 3 is 2.60 bits per heavy atom. The maximum Gasteiger partial charge on any atom is 0.279 e. The highest BCUT2D eigenvalue weighted by atomic mass is 32.1. The van der Waals surface area contributed by atoms with Crippen molar-refractivity contribution in [2.75, 3.05) is 13.1 Å².